The van der Waals surface area contributed by atoms with Gasteiger partial charge in [-0.2, -0.15) is 0 Å². The molecule has 0 aromatic carbocycles. The van der Waals surface area contributed by atoms with Crippen molar-refractivity contribution < 1.29 is 4.79 Å². The number of hydrogen-bond donors (Lipinski definition) is 1. The van der Waals surface area contributed by atoms with Crippen molar-refractivity contribution in [1.29, 1.82) is 0 Å². The predicted molar refractivity (Wildman–Crippen MR) is 99.7 cm³/mol. The summed E-state index contributed by atoms with van der Waals surface area (Å²) in [6, 6.07) is 0.599. The molecular formula is C17H33Cl2N3O. The highest BCUT2D eigenvalue weighted by atomic mass is 35.5. The van der Waals surface area contributed by atoms with Crippen molar-refractivity contribution in [2.75, 3.05) is 39.3 Å². The Bertz CT molecular complexity index is 337. The number of hydrogen-bond acceptors (Lipinski definition) is 3. The van der Waals surface area contributed by atoms with Crippen molar-refractivity contribution >= 4 is 30.7 Å². The Kier molecular flexibility index (Phi) is 9.83. The molecule has 6 heteroatoms. The molecule has 3 heterocycles. The lowest BCUT2D eigenvalue weighted by Crippen LogP contribution is -2.41. The first-order valence-corrected chi connectivity index (χ1v) is 9.05. The van der Waals surface area contributed by atoms with Gasteiger partial charge < -0.3 is 15.1 Å². The first kappa shape index (κ1) is 21.0. The van der Waals surface area contributed by atoms with Crippen LogP contribution in [0.15, 0.2) is 0 Å². The van der Waals surface area contributed by atoms with Gasteiger partial charge in [0.25, 0.3) is 0 Å². The number of amides is 1. The van der Waals surface area contributed by atoms with Crippen LogP contribution < -0.4 is 5.32 Å². The lowest BCUT2D eigenvalue weighted by Gasteiger charge is -2.34. The van der Waals surface area contributed by atoms with Gasteiger partial charge in [-0.1, -0.05) is 0 Å². The first-order chi connectivity index (χ1) is 10.3. The van der Waals surface area contributed by atoms with E-state index in [0.29, 0.717) is 11.9 Å². The zero-order valence-corrected chi connectivity index (χ0v) is 15.8. The number of carbonyl (C=O) groups excluding carboxylic acids is 1. The smallest absolute Gasteiger partial charge is 0.222 e. The van der Waals surface area contributed by atoms with E-state index in [1.54, 1.807) is 0 Å². The molecule has 3 aliphatic heterocycles. The van der Waals surface area contributed by atoms with E-state index in [-0.39, 0.29) is 24.8 Å². The third kappa shape index (κ3) is 6.41. The third-order valence-electron chi connectivity index (χ3n) is 5.55. The molecule has 136 valence electrons. The van der Waals surface area contributed by atoms with Crippen molar-refractivity contribution in [2.45, 2.75) is 57.4 Å². The topological polar surface area (TPSA) is 35.6 Å². The number of halogens is 2. The molecule has 0 aromatic heterocycles. The fourth-order valence-electron chi connectivity index (χ4n) is 4.15. The fraction of sp³-hybridized carbons (Fsp3) is 0.941. The van der Waals surface area contributed by atoms with Crippen LogP contribution in [0.25, 0.3) is 0 Å². The molecule has 0 aliphatic carbocycles. The van der Waals surface area contributed by atoms with Crippen molar-refractivity contribution in [3.63, 3.8) is 0 Å². The lowest BCUT2D eigenvalue weighted by molar-refractivity contribution is -0.132. The van der Waals surface area contributed by atoms with Crippen molar-refractivity contribution in [3.8, 4) is 0 Å². The molecule has 3 saturated heterocycles. The molecule has 0 radical (unpaired) electrons. The van der Waals surface area contributed by atoms with Crippen LogP contribution >= 0.6 is 24.8 Å². The summed E-state index contributed by atoms with van der Waals surface area (Å²) in [4.78, 5) is 17.0. The summed E-state index contributed by atoms with van der Waals surface area (Å²) < 4.78 is 0. The lowest BCUT2D eigenvalue weighted by atomic mass is 9.96. The van der Waals surface area contributed by atoms with Gasteiger partial charge in [0.05, 0.1) is 0 Å². The van der Waals surface area contributed by atoms with E-state index in [1.165, 1.54) is 58.2 Å². The maximum atomic E-state index is 12.3. The quantitative estimate of drug-likeness (QED) is 0.813. The van der Waals surface area contributed by atoms with Gasteiger partial charge >= 0.3 is 0 Å². The Labute approximate surface area is 153 Å². The summed E-state index contributed by atoms with van der Waals surface area (Å²) >= 11 is 0. The second-order valence-corrected chi connectivity index (χ2v) is 7.16. The summed E-state index contributed by atoms with van der Waals surface area (Å²) in [5, 5.41) is 3.49. The van der Waals surface area contributed by atoms with Gasteiger partial charge in [-0.15, -0.1) is 24.8 Å². The zero-order chi connectivity index (χ0) is 14.5. The fourth-order valence-corrected chi connectivity index (χ4v) is 4.15. The van der Waals surface area contributed by atoms with Crippen LogP contribution in [0, 0.1) is 5.92 Å². The van der Waals surface area contributed by atoms with E-state index >= 15 is 0 Å². The molecule has 3 fully saturated rings. The molecule has 4 nitrogen and oxygen atoms in total. The minimum Gasteiger partial charge on any atom is -0.343 e. The highest BCUT2D eigenvalue weighted by Gasteiger charge is 2.25. The number of piperidine rings is 1. The number of nitrogens with zero attached hydrogens (tertiary/aromatic N) is 2. The van der Waals surface area contributed by atoms with Crippen molar-refractivity contribution in [1.82, 2.24) is 15.1 Å². The van der Waals surface area contributed by atoms with Crippen LogP contribution in [0.5, 0.6) is 0 Å². The third-order valence-corrected chi connectivity index (χ3v) is 5.55. The average Bonchev–Trinajstić information content (AvgIpc) is 3.19. The molecule has 3 aliphatic rings. The Balaban J connectivity index is 0.00000132. The Morgan fingerprint density at radius 2 is 1.65 bits per heavy atom. The van der Waals surface area contributed by atoms with Gasteiger partial charge in [-0.3, -0.25) is 4.79 Å². The van der Waals surface area contributed by atoms with Gasteiger partial charge in [-0.25, -0.2) is 0 Å². The van der Waals surface area contributed by atoms with Crippen LogP contribution in [0.4, 0.5) is 0 Å². The minimum atomic E-state index is 0. The summed E-state index contributed by atoms with van der Waals surface area (Å²) in [5.74, 6) is 1.21. The molecule has 1 unspecified atom stereocenters. The standard InChI is InChI=1S/C17H31N3O.2ClH/c21-17(6-5-16-4-3-9-18-16)20-12-7-15(8-13-20)14-19-10-1-2-11-19;;/h15-16,18H,1-14H2;2*1H. The Morgan fingerprint density at radius 3 is 2.26 bits per heavy atom. The van der Waals surface area contributed by atoms with E-state index in [9.17, 15) is 4.79 Å². The normalized spacial score (nSPS) is 25.9. The van der Waals surface area contributed by atoms with Crippen LogP contribution in [0.3, 0.4) is 0 Å². The van der Waals surface area contributed by atoms with E-state index < -0.39 is 0 Å². The highest BCUT2D eigenvalue weighted by molar-refractivity contribution is 5.85. The maximum absolute atomic E-state index is 12.3. The first-order valence-electron chi connectivity index (χ1n) is 9.05. The second-order valence-electron chi connectivity index (χ2n) is 7.16. The number of rotatable bonds is 5. The summed E-state index contributed by atoms with van der Waals surface area (Å²) in [5.41, 5.74) is 0. The van der Waals surface area contributed by atoms with Crippen molar-refractivity contribution in [3.05, 3.63) is 0 Å². The van der Waals surface area contributed by atoms with Crippen LogP contribution in [0.2, 0.25) is 0 Å². The number of nitrogens with one attached hydrogen (secondary N) is 1. The highest BCUT2D eigenvalue weighted by Crippen LogP contribution is 2.21. The molecule has 1 N–H and O–H groups in total. The van der Waals surface area contributed by atoms with E-state index in [2.05, 4.69) is 15.1 Å². The van der Waals surface area contributed by atoms with Crippen molar-refractivity contribution in [2.24, 2.45) is 5.92 Å². The van der Waals surface area contributed by atoms with Crippen LogP contribution in [-0.4, -0.2) is 61.0 Å². The molecule has 0 spiro atoms. The van der Waals surface area contributed by atoms with E-state index in [0.717, 1.165) is 38.4 Å². The summed E-state index contributed by atoms with van der Waals surface area (Å²) in [6.45, 7) is 7.00. The summed E-state index contributed by atoms with van der Waals surface area (Å²) in [7, 11) is 0. The van der Waals surface area contributed by atoms with Gasteiger partial charge in [0.2, 0.25) is 5.91 Å². The van der Waals surface area contributed by atoms with Gasteiger partial charge in [0, 0.05) is 32.1 Å². The molecular weight excluding hydrogens is 333 g/mol. The van der Waals surface area contributed by atoms with E-state index in [1.807, 2.05) is 0 Å². The largest absolute Gasteiger partial charge is 0.343 e. The molecule has 3 rings (SSSR count). The van der Waals surface area contributed by atoms with E-state index in [4.69, 9.17) is 0 Å². The number of carbonyl (C=O) groups is 1. The SMILES string of the molecule is Cl.Cl.O=C(CCC1CCCN1)N1CCC(CN2CCCC2)CC1. The second kappa shape index (κ2) is 10.8. The average molecular weight is 366 g/mol. The van der Waals surface area contributed by atoms with Gasteiger partial charge in [0.15, 0.2) is 0 Å². The summed E-state index contributed by atoms with van der Waals surface area (Å²) in [6.07, 6.45) is 9.50. The van der Waals surface area contributed by atoms with Gasteiger partial charge in [0.1, 0.15) is 0 Å². The maximum Gasteiger partial charge on any atom is 0.222 e. The number of likely N-dealkylation sites (tertiary alicyclic amines) is 2. The Morgan fingerprint density at radius 1 is 0.957 bits per heavy atom. The molecule has 0 aromatic rings. The Hall–Kier alpha value is -0.0300. The van der Waals surface area contributed by atoms with Crippen LogP contribution in [-0.2, 0) is 4.79 Å². The monoisotopic (exact) mass is 365 g/mol. The molecule has 0 saturated carbocycles. The molecule has 23 heavy (non-hydrogen) atoms. The molecule has 1 amide bonds. The minimum absolute atomic E-state index is 0. The predicted octanol–water partition coefficient (Wildman–Crippen LogP) is 2.70. The van der Waals surface area contributed by atoms with Gasteiger partial charge in [-0.05, 0) is 70.5 Å². The zero-order valence-electron chi connectivity index (χ0n) is 14.2. The molecule has 0 bridgehead atoms. The van der Waals surface area contributed by atoms with Crippen LogP contribution in [0.1, 0.15) is 51.4 Å². The molecule has 1 atom stereocenters.